The van der Waals surface area contributed by atoms with Crippen molar-refractivity contribution in [3.05, 3.63) is 46.9 Å². The molecule has 0 bridgehead atoms. The zero-order valence-electron chi connectivity index (χ0n) is 16.2. The van der Waals surface area contributed by atoms with E-state index in [0.29, 0.717) is 49.7 Å². The number of imide groups is 1. The van der Waals surface area contributed by atoms with Crippen LogP contribution in [0, 0.1) is 5.82 Å². The smallest absolute Gasteiger partial charge is 0.407 e. The number of carbonyl (C=O) groups excluding carboxylic acids is 2. The normalized spacial score (nSPS) is 18.3. The summed E-state index contributed by atoms with van der Waals surface area (Å²) in [5, 5.41) is 10.9. The summed E-state index contributed by atoms with van der Waals surface area (Å²) < 4.78 is 14.6. The summed E-state index contributed by atoms with van der Waals surface area (Å²) in [5.41, 5.74) is 1.07. The Morgan fingerprint density at radius 2 is 2.03 bits per heavy atom. The van der Waals surface area contributed by atoms with Crippen molar-refractivity contribution in [3.63, 3.8) is 0 Å². The van der Waals surface area contributed by atoms with Crippen molar-refractivity contribution >= 4 is 40.9 Å². The van der Waals surface area contributed by atoms with Crippen molar-refractivity contribution in [1.29, 1.82) is 0 Å². The molecule has 0 unspecified atom stereocenters. The van der Waals surface area contributed by atoms with Gasteiger partial charge >= 0.3 is 6.09 Å². The first-order valence-electron chi connectivity index (χ1n) is 9.50. The van der Waals surface area contributed by atoms with Gasteiger partial charge in [0.1, 0.15) is 11.6 Å². The second-order valence-corrected chi connectivity index (χ2v) is 7.98. The Labute approximate surface area is 181 Å². The van der Waals surface area contributed by atoms with Crippen molar-refractivity contribution in [2.45, 2.75) is 6.42 Å². The molecule has 0 radical (unpaired) electrons. The molecule has 2 aliphatic heterocycles. The molecule has 0 atom stereocenters. The molecule has 2 saturated heterocycles. The number of benzene rings is 1. The predicted molar refractivity (Wildman–Crippen MR) is 113 cm³/mol. The number of rotatable bonds is 3. The van der Waals surface area contributed by atoms with Gasteiger partial charge in [0.25, 0.3) is 11.1 Å². The number of anilines is 1. The van der Waals surface area contributed by atoms with Gasteiger partial charge in [-0.3, -0.25) is 19.9 Å². The average molecular weight is 443 g/mol. The maximum Gasteiger partial charge on any atom is 0.407 e. The maximum atomic E-state index is 14.6. The maximum absolute atomic E-state index is 14.6. The van der Waals surface area contributed by atoms with Crippen LogP contribution in [0.15, 0.2) is 35.5 Å². The number of nitrogens with one attached hydrogen (secondary N) is 1. The lowest BCUT2D eigenvalue weighted by molar-refractivity contribution is -0.115. The molecule has 2 N–H and O–H groups in total. The number of hydrogen-bond donors (Lipinski definition) is 2. The Hall–Kier alpha value is -3.47. The van der Waals surface area contributed by atoms with Gasteiger partial charge < -0.3 is 14.9 Å². The van der Waals surface area contributed by atoms with E-state index < -0.39 is 23.1 Å². The second kappa shape index (κ2) is 8.72. The van der Waals surface area contributed by atoms with Crippen LogP contribution in [-0.4, -0.2) is 63.4 Å². The summed E-state index contributed by atoms with van der Waals surface area (Å²) in [6, 6.07) is 4.32. The van der Waals surface area contributed by atoms with Crippen LogP contribution in [0.5, 0.6) is 0 Å². The van der Waals surface area contributed by atoms with E-state index >= 15 is 0 Å². The van der Waals surface area contributed by atoms with Crippen LogP contribution in [0.3, 0.4) is 0 Å². The fourth-order valence-corrected chi connectivity index (χ4v) is 4.06. The van der Waals surface area contributed by atoms with Gasteiger partial charge in [-0.25, -0.2) is 14.2 Å². The Balaban J connectivity index is 1.60. The fourth-order valence-electron chi connectivity index (χ4n) is 3.38. The van der Waals surface area contributed by atoms with E-state index in [0.717, 1.165) is 11.8 Å². The lowest BCUT2D eigenvalue weighted by Crippen LogP contribution is -2.34. The molecule has 3 amide bonds. The molecule has 4 rings (SSSR count). The number of carbonyl (C=O) groups is 3. The number of aromatic nitrogens is 2. The molecule has 160 valence electrons. The summed E-state index contributed by atoms with van der Waals surface area (Å²) >= 11 is 0.787. The predicted octanol–water partition coefficient (Wildman–Crippen LogP) is 2.80. The van der Waals surface area contributed by atoms with Crippen LogP contribution >= 0.6 is 11.8 Å². The van der Waals surface area contributed by atoms with Crippen molar-refractivity contribution < 1.29 is 23.9 Å². The Kier molecular flexibility index (Phi) is 5.85. The van der Waals surface area contributed by atoms with Crippen LogP contribution in [-0.2, 0) is 4.79 Å². The fraction of sp³-hybridized carbons (Fsp3) is 0.250. The Morgan fingerprint density at radius 1 is 1.19 bits per heavy atom. The van der Waals surface area contributed by atoms with Crippen LogP contribution in [0.1, 0.15) is 12.0 Å². The molecule has 1 aromatic carbocycles. The highest BCUT2D eigenvalue weighted by Crippen LogP contribution is 2.29. The van der Waals surface area contributed by atoms with Crippen molar-refractivity contribution in [3.8, 4) is 11.3 Å². The van der Waals surface area contributed by atoms with Gasteiger partial charge in [0, 0.05) is 31.7 Å². The van der Waals surface area contributed by atoms with E-state index in [9.17, 15) is 23.9 Å². The summed E-state index contributed by atoms with van der Waals surface area (Å²) in [5.74, 6) is -0.454. The van der Waals surface area contributed by atoms with Crippen molar-refractivity contribution in [2.75, 3.05) is 31.1 Å². The minimum atomic E-state index is -0.953. The topological polar surface area (TPSA) is 116 Å². The lowest BCUT2D eigenvalue weighted by Gasteiger charge is -2.22. The molecule has 1 aromatic heterocycles. The van der Waals surface area contributed by atoms with E-state index in [1.807, 2.05) is 4.90 Å². The molecule has 31 heavy (non-hydrogen) atoms. The molecule has 0 spiro atoms. The lowest BCUT2D eigenvalue weighted by atomic mass is 10.1. The van der Waals surface area contributed by atoms with Crippen LogP contribution in [0.2, 0.25) is 0 Å². The van der Waals surface area contributed by atoms with Crippen LogP contribution in [0.25, 0.3) is 17.3 Å². The molecule has 9 nitrogen and oxygen atoms in total. The minimum Gasteiger partial charge on any atom is -0.465 e. The minimum absolute atomic E-state index is 0.209. The molecule has 0 aliphatic carbocycles. The van der Waals surface area contributed by atoms with Gasteiger partial charge in [-0.2, -0.15) is 0 Å². The standard InChI is InChI=1S/C20H18FN5O4S/c21-14-3-2-12(9-16-18(27)24-19(28)31-16)8-13(14)15-10-22-11-17(23-15)25-4-1-5-26(7-6-25)20(29)30/h2-3,8-11H,1,4-7H2,(H,29,30)(H,24,27,28)/b16-9+. The van der Waals surface area contributed by atoms with Crippen molar-refractivity contribution in [2.24, 2.45) is 0 Å². The SMILES string of the molecule is O=C1NC(=O)/C(=C\c2ccc(F)c(-c3cncc(N4CCCN(C(=O)O)CC4)n3)c2)S1. The van der Waals surface area contributed by atoms with Crippen LogP contribution < -0.4 is 10.2 Å². The highest BCUT2D eigenvalue weighted by molar-refractivity contribution is 8.18. The molecular formula is C20H18FN5O4S. The number of halogens is 1. The first kappa shape index (κ1) is 20.8. The summed E-state index contributed by atoms with van der Waals surface area (Å²) in [6.45, 7) is 1.85. The third kappa shape index (κ3) is 4.66. The van der Waals surface area contributed by atoms with E-state index in [1.54, 1.807) is 12.3 Å². The highest BCUT2D eigenvalue weighted by atomic mass is 32.2. The van der Waals surface area contributed by atoms with E-state index in [-0.39, 0.29) is 10.5 Å². The third-order valence-corrected chi connectivity index (χ3v) is 5.73. The summed E-state index contributed by atoms with van der Waals surface area (Å²) in [7, 11) is 0. The molecular weight excluding hydrogens is 425 g/mol. The van der Waals surface area contributed by atoms with Gasteiger partial charge in [-0.1, -0.05) is 6.07 Å². The quantitative estimate of drug-likeness (QED) is 0.696. The number of amides is 3. The molecule has 2 fully saturated rings. The summed E-state index contributed by atoms with van der Waals surface area (Å²) in [4.78, 5) is 46.5. The van der Waals surface area contributed by atoms with E-state index in [2.05, 4.69) is 15.3 Å². The Bertz CT molecular complexity index is 1090. The molecule has 0 saturated carbocycles. The number of hydrogen-bond acceptors (Lipinski definition) is 7. The monoisotopic (exact) mass is 443 g/mol. The van der Waals surface area contributed by atoms with Gasteiger partial charge in [-0.15, -0.1) is 0 Å². The first-order valence-corrected chi connectivity index (χ1v) is 10.3. The van der Waals surface area contributed by atoms with Gasteiger partial charge in [0.2, 0.25) is 0 Å². The van der Waals surface area contributed by atoms with E-state index in [1.165, 1.54) is 29.3 Å². The second-order valence-electron chi connectivity index (χ2n) is 6.96. The zero-order valence-corrected chi connectivity index (χ0v) is 17.1. The Morgan fingerprint density at radius 3 is 2.77 bits per heavy atom. The summed E-state index contributed by atoms with van der Waals surface area (Å²) in [6.07, 6.45) is 4.22. The molecule has 2 aliphatic rings. The molecule has 3 heterocycles. The average Bonchev–Trinajstić information content (AvgIpc) is 2.94. The third-order valence-electron chi connectivity index (χ3n) is 4.92. The molecule has 2 aromatic rings. The number of carboxylic acid groups (broad SMARTS) is 1. The van der Waals surface area contributed by atoms with Gasteiger partial charge in [-0.05, 0) is 42.0 Å². The largest absolute Gasteiger partial charge is 0.465 e. The van der Waals surface area contributed by atoms with E-state index in [4.69, 9.17) is 0 Å². The van der Waals surface area contributed by atoms with Crippen LogP contribution in [0.4, 0.5) is 19.8 Å². The first-order chi connectivity index (χ1) is 14.9. The van der Waals surface area contributed by atoms with Crippen molar-refractivity contribution in [1.82, 2.24) is 20.2 Å². The van der Waals surface area contributed by atoms with Gasteiger partial charge in [0.15, 0.2) is 0 Å². The zero-order chi connectivity index (χ0) is 22.0. The number of nitrogens with zero attached hydrogens (tertiary/aromatic N) is 4. The molecule has 11 heteroatoms. The highest BCUT2D eigenvalue weighted by Gasteiger charge is 2.25. The van der Waals surface area contributed by atoms with Gasteiger partial charge in [0.05, 0.1) is 23.0 Å². The number of thioether (sulfide) groups is 1.